The summed E-state index contributed by atoms with van der Waals surface area (Å²) in [5, 5.41) is 11.8. The van der Waals surface area contributed by atoms with Gasteiger partial charge in [0, 0.05) is 6.42 Å². The first-order valence-corrected chi connectivity index (χ1v) is 2.63. The molecular formula is C5H8AuNO3. The van der Waals surface area contributed by atoms with E-state index in [-0.39, 0.29) is 28.3 Å². The number of carbonyl (C=O) groups excluding carboxylic acids is 2. The fourth-order valence-corrected chi connectivity index (χ4v) is 0.296. The van der Waals surface area contributed by atoms with Crippen molar-refractivity contribution in [1.82, 2.24) is 5.32 Å². The van der Waals surface area contributed by atoms with Crippen LogP contribution in [0.3, 0.4) is 0 Å². The maximum Gasteiger partial charge on any atom is 1.00 e. The van der Waals surface area contributed by atoms with Crippen LogP contribution in [-0.2, 0) is 32.0 Å². The molecule has 62 valence electrons. The number of amides is 1. The fraction of sp³-hybridized carbons (Fsp3) is 0.600. The molecule has 0 saturated carbocycles. The predicted octanol–water partition coefficient (Wildman–Crippen LogP) is -1.74. The van der Waals surface area contributed by atoms with E-state index in [1.54, 1.807) is 6.92 Å². The summed E-state index contributed by atoms with van der Waals surface area (Å²) in [4.78, 5) is 20.0. The topological polar surface area (TPSA) is 69.2 Å². The average Bonchev–Trinajstić information content (AvgIpc) is 1.83. The number of nitrogens with one attached hydrogen (secondary N) is 1. The maximum atomic E-state index is 10.3. The third-order valence-electron chi connectivity index (χ3n) is 0.751. The normalized spacial score (nSPS) is 7.70. The van der Waals surface area contributed by atoms with Crippen LogP contribution in [0, 0.1) is 0 Å². The molecule has 0 aliphatic carbocycles. The van der Waals surface area contributed by atoms with Gasteiger partial charge in [0.1, 0.15) is 0 Å². The van der Waals surface area contributed by atoms with E-state index in [2.05, 4.69) is 5.32 Å². The van der Waals surface area contributed by atoms with Crippen LogP contribution in [0.2, 0.25) is 0 Å². The minimum absolute atomic E-state index is 0. The van der Waals surface area contributed by atoms with Gasteiger partial charge in [-0.3, -0.25) is 4.79 Å². The molecular weight excluding hydrogens is 319 g/mol. The molecule has 0 aliphatic rings. The molecule has 0 atom stereocenters. The van der Waals surface area contributed by atoms with Gasteiger partial charge in [0.2, 0.25) is 5.91 Å². The minimum atomic E-state index is -1.27. The van der Waals surface area contributed by atoms with Crippen LogP contribution in [0.5, 0.6) is 0 Å². The first-order chi connectivity index (χ1) is 4.16. The third-order valence-corrected chi connectivity index (χ3v) is 0.751. The Labute approximate surface area is 74.5 Å². The van der Waals surface area contributed by atoms with Crippen LogP contribution in [0.4, 0.5) is 0 Å². The Morgan fingerprint density at radius 3 is 2.30 bits per heavy atom. The van der Waals surface area contributed by atoms with Gasteiger partial charge < -0.3 is 15.2 Å². The van der Waals surface area contributed by atoms with Crippen molar-refractivity contribution < 1.29 is 37.1 Å². The zero-order valence-corrected chi connectivity index (χ0v) is 7.61. The Morgan fingerprint density at radius 2 is 2.00 bits per heavy atom. The summed E-state index contributed by atoms with van der Waals surface area (Å²) in [7, 11) is 0. The maximum absolute atomic E-state index is 10.3. The summed E-state index contributed by atoms with van der Waals surface area (Å²) in [6.07, 6.45) is 0.299. The van der Waals surface area contributed by atoms with Crippen LogP contribution >= 0.6 is 0 Å². The van der Waals surface area contributed by atoms with Crippen molar-refractivity contribution in [2.75, 3.05) is 6.54 Å². The van der Waals surface area contributed by atoms with Gasteiger partial charge in [0.15, 0.2) is 0 Å². The monoisotopic (exact) mass is 327 g/mol. The smallest absolute Gasteiger partial charge is 0.548 e. The third kappa shape index (κ3) is 7.68. The van der Waals surface area contributed by atoms with Gasteiger partial charge in [0.05, 0.1) is 12.5 Å². The Bertz CT molecular complexity index is 126. The molecule has 0 aromatic heterocycles. The van der Waals surface area contributed by atoms with E-state index < -0.39 is 12.5 Å². The van der Waals surface area contributed by atoms with Crippen LogP contribution in [-0.4, -0.2) is 18.4 Å². The van der Waals surface area contributed by atoms with Crippen molar-refractivity contribution >= 4 is 11.9 Å². The van der Waals surface area contributed by atoms with Gasteiger partial charge in [-0.25, -0.2) is 0 Å². The first kappa shape index (κ1) is 12.4. The zero-order chi connectivity index (χ0) is 7.28. The number of rotatable bonds is 3. The molecule has 0 heterocycles. The number of carboxylic acids is 1. The van der Waals surface area contributed by atoms with E-state index in [0.717, 1.165) is 0 Å². The van der Waals surface area contributed by atoms with E-state index in [0.29, 0.717) is 6.42 Å². The summed E-state index contributed by atoms with van der Waals surface area (Å²) in [6, 6.07) is 0. The number of carboxylic acid groups (broad SMARTS) is 1. The summed E-state index contributed by atoms with van der Waals surface area (Å²) >= 11 is 0. The van der Waals surface area contributed by atoms with Crippen molar-refractivity contribution in [3.05, 3.63) is 0 Å². The van der Waals surface area contributed by atoms with Gasteiger partial charge >= 0.3 is 22.4 Å². The van der Waals surface area contributed by atoms with Crippen molar-refractivity contribution in [1.29, 1.82) is 0 Å². The molecule has 0 aliphatic heterocycles. The number of hydrogen-bond acceptors (Lipinski definition) is 3. The zero-order valence-electron chi connectivity index (χ0n) is 5.44. The molecule has 0 radical (unpaired) electrons. The van der Waals surface area contributed by atoms with E-state index in [9.17, 15) is 14.7 Å². The van der Waals surface area contributed by atoms with Gasteiger partial charge in [-0.05, 0) is 0 Å². The van der Waals surface area contributed by atoms with Gasteiger partial charge in [-0.1, -0.05) is 6.92 Å². The van der Waals surface area contributed by atoms with Crippen LogP contribution in [0.1, 0.15) is 13.3 Å². The van der Waals surface area contributed by atoms with E-state index in [1.807, 2.05) is 0 Å². The van der Waals surface area contributed by atoms with Gasteiger partial charge in [-0.2, -0.15) is 0 Å². The van der Waals surface area contributed by atoms with E-state index in [1.165, 1.54) is 0 Å². The fourth-order valence-electron chi connectivity index (χ4n) is 0.296. The van der Waals surface area contributed by atoms with Crippen molar-refractivity contribution in [3.63, 3.8) is 0 Å². The minimum Gasteiger partial charge on any atom is -0.548 e. The second kappa shape index (κ2) is 6.80. The van der Waals surface area contributed by atoms with Gasteiger partial charge in [-0.15, -0.1) is 0 Å². The molecule has 10 heavy (non-hydrogen) atoms. The summed E-state index contributed by atoms with van der Waals surface area (Å²) < 4.78 is 0. The molecule has 5 heteroatoms. The quantitative estimate of drug-likeness (QED) is 0.626. The largest absolute Gasteiger partial charge is 1.00 e. The Morgan fingerprint density at radius 1 is 1.50 bits per heavy atom. The first-order valence-electron chi connectivity index (χ1n) is 2.63. The van der Waals surface area contributed by atoms with Crippen molar-refractivity contribution in [3.8, 4) is 0 Å². The Kier molecular flexibility index (Phi) is 8.40. The van der Waals surface area contributed by atoms with Crippen molar-refractivity contribution in [2.45, 2.75) is 13.3 Å². The molecule has 0 rings (SSSR count). The summed E-state index contributed by atoms with van der Waals surface area (Å²) in [5.41, 5.74) is 0. The van der Waals surface area contributed by atoms with Crippen LogP contribution in [0.15, 0.2) is 0 Å². The Balaban J connectivity index is 0. The molecule has 0 saturated heterocycles. The molecule has 1 N–H and O–H groups in total. The molecule has 1 amide bonds. The van der Waals surface area contributed by atoms with E-state index >= 15 is 0 Å². The average molecular weight is 327 g/mol. The van der Waals surface area contributed by atoms with Gasteiger partial charge in [0.25, 0.3) is 0 Å². The second-order valence-corrected chi connectivity index (χ2v) is 1.50. The molecule has 4 nitrogen and oxygen atoms in total. The summed E-state index contributed by atoms with van der Waals surface area (Å²) in [6.45, 7) is 1.25. The molecule has 0 aromatic rings. The predicted molar refractivity (Wildman–Crippen MR) is 28.3 cm³/mol. The van der Waals surface area contributed by atoms with Crippen LogP contribution in [0.25, 0.3) is 0 Å². The molecule has 0 bridgehead atoms. The molecule has 0 fully saturated rings. The van der Waals surface area contributed by atoms with E-state index in [4.69, 9.17) is 0 Å². The Hall–Kier alpha value is -0.320. The molecule has 0 aromatic carbocycles. The molecule has 0 unspecified atom stereocenters. The van der Waals surface area contributed by atoms with Crippen molar-refractivity contribution in [2.24, 2.45) is 0 Å². The summed E-state index contributed by atoms with van der Waals surface area (Å²) in [5.74, 6) is -1.55. The number of aliphatic carboxylic acids is 1. The second-order valence-electron chi connectivity index (χ2n) is 1.50. The SMILES string of the molecule is CCC(=O)NCC(=O)[O-].[Au+]. The van der Waals surface area contributed by atoms with Crippen LogP contribution < -0.4 is 10.4 Å². The number of hydrogen-bond donors (Lipinski definition) is 1. The molecule has 0 spiro atoms. The standard InChI is InChI=1S/C5H9NO3.Au/c1-2-4(7)6-3-5(8)9;/h2-3H2,1H3,(H,6,7)(H,8,9);/q;+1/p-1. The number of carbonyl (C=O) groups is 2.